The van der Waals surface area contributed by atoms with Crippen LogP contribution >= 0.6 is 0 Å². The van der Waals surface area contributed by atoms with Crippen molar-refractivity contribution in [2.24, 2.45) is 4.99 Å². The van der Waals surface area contributed by atoms with Crippen LogP contribution in [0.2, 0.25) is 0 Å². The molecule has 0 bridgehead atoms. The molecule has 2 heterocycles. The first-order valence-electron chi connectivity index (χ1n) is 11.5. The van der Waals surface area contributed by atoms with Crippen molar-refractivity contribution >= 4 is 23.2 Å². The second-order valence-corrected chi connectivity index (χ2v) is 8.82. The Bertz CT molecular complexity index is 1120. The van der Waals surface area contributed by atoms with Gasteiger partial charge >= 0.3 is 0 Å². The summed E-state index contributed by atoms with van der Waals surface area (Å²) in [5.74, 6) is 1.51. The molecule has 1 aliphatic rings. The molecule has 1 fully saturated rings. The summed E-state index contributed by atoms with van der Waals surface area (Å²) < 4.78 is 0. The molecular weight excluding hydrogens is 422 g/mol. The molecule has 6 heteroatoms. The summed E-state index contributed by atoms with van der Waals surface area (Å²) in [7, 11) is 5.74. The second kappa shape index (κ2) is 11.6. The van der Waals surface area contributed by atoms with Crippen molar-refractivity contribution in [2.45, 2.75) is 25.9 Å². The summed E-state index contributed by atoms with van der Waals surface area (Å²) >= 11 is 0. The topological polar surface area (TPSA) is 64.9 Å². The lowest BCUT2D eigenvalue weighted by Crippen LogP contribution is -2.37. The van der Waals surface area contributed by atoms with Crippen molar-refractivity contribution < 1.29 is 5.11 Å². The molecule has 0 radical (unpaired) electrons. The number of hydrogen-bond acceptors (Lipinski definition) is 6. The summed E-state index contributed by atoms with van der Waals surface area (Å²) in [5.41, 5.74) is 5.76. The van der Waals surface area contributed by atoms with E-state index in [9.17, 15) is 5.11 Å². The number of nitrogens with zero attached hydrogens (tertiary/aromatic N) is 5. The number of aliphatic imine (C=N–C) groups is 1. The highest BCUT2D eigenvalue weighted by atomic mass is 16.3. The van der Waals surface area contributed by atoms with E-state index in [1.54, 1.807) is 7.05 Å². The van der Waals surface area contributed by atoms with Gasteiger partial charge in [0, 0.05) is 69.5 Å². The number of aromatic nitrogens is 2. The number of piperidine rings is 1. The van der Waals surface area contributed by atoms with Gasteiger partial charge in [0.2, 0.25) is 0 Å². The average Bonchev–Trinajstić information content (AvgIpc) is 2.82. The van der Waals surface area contributed by atoms with Crippen LogP contribution in [0.1, 0.15) is 30.9 Å². The molecule has 34 heavy (non-hydrogen) atoms. The van der Waals surface area contributed by atoms with Crippen LogP contribution in [-0.4, -0.2) is 66.5 Å². The third-order valence-electron chi connectivity index (χ3n) is 5.59. The number of anilines is 1. The first-order valence-corrected chi connectivity index (χ1v) is 11.5. The molecule has 1 aromatic heterocycles. The van der Waals surface area contributed by atoms with Crippen LogP contribution in [0.4, 0.5) is 5.82 Å². The first-order chi connectivity index (χ1) is 16.3. The zero-order valence-corrected chi connectivity index (χ0v) is 20.7. The largest absolute Gasteiger partial charge is 0.393 e. The van der Waals surface area contributed by atoms with E-state index in [1.807, 2.05) is 68.8 Å². The molecule has 0 amide bonds. The van der Waals surface area contributed by atoms with Gasteiger partial charge in [-0.2, -0.15) is 0 Å². The van der Waals surface area contributed by atoms with Crippen LogP contribution in [0.3, 0.4) is 0 Å². The van der Waals surface area contributed by atoms with E-state index in [0.29, 0.717) is 18.7 Å². The molecule has 0 saturated carbocycles. The van der Waals surface area contributed by atoms with E-state index < -0.39 is 0 Å². The molecule has 178 valence electrons. The van der Waals surface area contributed by atoms with E-state index in [1.165, 1.54) is 0 Å². The van der Waals surface area contributed by atoms with Crippen LogP contribution < -0.4 is 4.90 Å². The van der Waals surface area contributed by atoms with Gasteiger partial charge in [0.1, 0.15) is 5.82 Å². The predicted octanol–water partition coefficient (Wildman–Crippen LogP) is 4.85. The molecule has 1 N–H and O–H groups in total. The van der Waals surface area contributed by atoms with Crippen LogP contribution in [0.25, 0.3) is 22.5 Å². The summed E-state index contributed by atoms with van der Waals surface area (Å²) in [4.78, 5) is 18.2. The van der Waals surface area contributed by atoms with Gasteiger partial charge in [0.15, 0.2) is 5.82 Å². The number of allylic oxidation sites excluding steroid dienone is 5. The molecule has 3 rings (SSSR count). The maximum Gasteiger partial charge on any atom is 0.161 e. The highest BCUT2D eigenvalue weighted by Crippen LogP contribution is 2.30. The Morgan fingerprint density at radius 3 is 2.59 bits per heavy atom. The fourth-order valence-corrected chi connectivity index (χ4v) is 3.98. The minimum absolute atomic E-state index is 0.263. The smallest absolute Gasteiger partial charge is 0.161 e. The van der Waals surface area contributed by atoms with E-state index in [2.05, 4.69) is 35.2 Å². The molecule has 0 atom stereocenters. The Hall–Kier alpha value is -3.51. The van der Waals surface area contributed by atoms with Crippen molar-refractivity contribution in [1.29, 1.82) is 0 Å². The second-order valence-electron chi connectivity index (χ2n) is 8.82. The van der Waals surface area contributed by atoms with Gasteiger partial charge in [-0.3, -0.25) is 4.99 Å². The van der Waals surface area contributed by atoms with Crippen molar-refractivity contribution in [1.82, 2.24) is 14.9 Å². The van der Waals surface area contributed by atoms with Gasteiger partial charge in [-0.05, 0) is 37.0 Å². The summed E-state index contributed by atoms with van der Waals surface area (Å²) in [6.07, 6.45) is 10.7. The lowest BCUT2D eigenvalue weighted by molar-refractivity contribution is 0.145. The zero-order chi connectivity index (χ0) is 24.7. The molecule has 0 unspecified atom stereocenters. The number of aliphatic hydroxyl groups is 1. The predicted molar refractivity (Wildman–Crippen MR) is 144 cm³/mol. The SMILES string of the molecule is C=C/C(=C\N(C)C)c1cccc(-c2ncc(/C(C=NC)=C/C(=C)C)c(N3CCC(O)CC3)n2)c1. The third-order valence-corrected chi connectivity index (χ3v) is 5.59. The number of hydrogen-bond donors (Lipinski definition) is 1. The fourth-order valence-electron chi connectivity index (χ4n) is 3.98. The summed E-state index contributed by atoms with van der Waals surface area (Å²) in [6, 6.07) is 8.19. The van der Waals surface area contributed by atoms with Gasteiger partial charge < -0.3 is 14.9 Å². The van der Waals surface area contributed by atoms with Crippen molar-refractivity contribution in [3.63, 3.8) is 0 Å². The molecular formula is C28H35N5O. The molecule has 0 spiro atoms. The number of benzene rings is 1. The average molecular weight is 458 g/mol. The van der Waals surface area contributed by atoms with Crippen molar-refractivity contribution in [3.8, 4) is 11.4 Å². The Labute approximate surface area is 203 Å². The highest BCUT2D eigenvalue weighted by molar-refractivity contribution is 6.12. The monoisotopic (exact) mass is 457 g/mol. The van der Waals surface area contributed by atoms with E-state index >= 15 is 0 Å². The quantitative estimate of drug-likeness (QED) is 0.453. The van der Waals surface area contributed by atoms with Crippen molar-refractivity contribution in [3.05, 3.63) is 78.7 Å². The van der Waals surface area contributed by atoms with Gasteiger partial charge in [0.05, 0.1) is 6.10 Å². The zero-order valence-electron chi connectivity index (χ0n) is 20.7. The lowest BCUT2D eigenvalue weighted by Gasteiger charge is -2.32. The maximum atomic E-state index is 10.0. The van der Waals surface area contributed by atoms with Gasteiger partial charge in [0.25, 0.3) is 0 Å². The number of rotatable bonds is 8. The van der Waals surface area contributed by atoms with Crippen molar-refractivity contribution in [2.75, 3.05) is 39.1 Å². The summed E-state index contributed by atoms with van der Waals surface area (Å²) in [5, 5.41) is 10.0. The standard InChI is InChI=1S/C28H35N5O/c1-7-21(19-32(5)6)22-9-8-10-23(16-22)27-30-18-26(24(17-29-4)15-20(2)3)28(31-27)33-13-11-25(34)12-14-33/h7-10,15-19,25,34H,1-2,11-14H2,3-6H3/b21-19+,24-15+,29-17?. The van der Waals surface area contributed by atoms with Gasteiger partial charge in [-0.15, -0.1) is 0 Å². The fraction of sp³-hybridized carbons (Fsp3) is 0.321. The Morgan fingerprint density at radius 2 is 1.97 bits per heavy atom. The third kappa shape index (κ3) is 6.29. The van der Waals surface area contributed by atoms with E-state index in [-0.39, 0.29) is 6.10 Å². The molecule has 1 aliphatic heterocycles. The Balaban J connectivity index is 2.12. The summed E-state index contributed by atoms with van der Waals surface area (Å²) in [6.45, 7) is 11.4. The van der Waals surface area contributed by atoms with E-state index in [0.717, 1.165) is 52.3 Å². The minimum Gasteiger partial charge on any atom is -0.393 e. The Morgan fingerprint density at radius 1 is 1.24 bits per heavy atom. The molecule has 2 aromatic rings. The first kappa shape index (κ1) is 25.1. The van der Waals surface area contributed by atoms with Crippen LogP contribution in [-0.2, 0) is 0 Å². The molecule has 1 aromatic carbocycles. The van der Waals surface area contributed by atoms with Gasteiger partial charge in [-0.1, -0.05) is 49.1 Å². The maximum absolute atomic E-state index is 10.0. The van der Waals surface area contributed by atoms with Crippen LogP contribution in [0, 0.1) is 0 Å². The lowest BCUT2D eigenvalue weighted by atomic mass is 10.0. The molecule has 6 nitrogen and oxygen atoms in total. The van der Waals surface area contributed by atoms with Gasteiger partial charge in [-0.25, -0.2) is 9.97 Å². The normalized spacial score (nSPS) is 15.6. The molecule has 0 aliphatic carbocycles. The highest BCUT2D eigenvalue weighted by Gasteiger charge is 2.23. The molecule has 1 saturated heterocycles. The van der Waals surface area contributed by atoms with Crippen LogP contribution in [0.15, 0.2) is 72.5 Å². The minimum atomic E-state index is -0.263. The van der Waals surface area contributed by atoms with E-state index in [4.69, 9.17) is 9.97 Å². The number of aliphatic hydroxyl groups excluding tert-OH is 1. The Kier molecular flexibility index (Phi) is 8.55. The van der Waals surface area contributed by atoms with Crippen LogP contribution in [0.5, 0.6) is 0 Å².